The van der Waals surface area contributed by atoms with Gasteiger partial charge in [0.25, 0.3) is 0 Å². The molecule has 0 saturated carbocycles. The van der Waals surface area contributed by atoms with Crippen LogP contribution in [0, 0.1) is 0 Å². The Morgan fingerprint density at radius 1 is 1.19 bits per heavy atom. The van der Waals surface area contributed by atoms with Crippen molar-refractivity contribution in [2.24, 2.45) is 5.73 Å². The van der Waals surface area contributed by atoms with Crippen molar-refractivity contribution in [2.45, 2.75) is 6.54 Å². The van der Waals surface area contributed by atoms with Gasteiger partial charge in [-0.2, -0.15) is 0 Å². The molecule has 3 N–H and O–H groups in total. The second-order valence-electron chi connectivity index (χ2n) is 3.38. The van der Waals surface area contributed by atoms with Gasteiger partial charge in [0.2, 0.25) is 0 Å². The Hall–Kier alpha value is -1.58. The molecule has 4 heteroatoms. The highest BCUT2D eigenvalue weighted by Gasteiger charge is 2.00. The molecular weight excluding hydrogens is 222 g/mol. The lowest BCUT2D eigenvalue weighted by molar-refractivity contribution is 1.06. The second-order valence-corrected chi connectivity index (χ2v) is 3.77. The number of anilines is 2. The Labute approximate surface area is 99.3 Å². The Morgan fingerprint density at radius 3 is 2.62 bits per heavy atom. The summed E-state index contributed by atoms with van der Waals surface area (Å²) in [6.45, 7) is 0.450. The average Bonchev–Trinajstić information content (AvgIpc) is 2.29. The molecule has 82 valence electrons. The van der Waals surface area contributed by atoms with E-state index in [0.29, 0.717) is 17.5 Å². The highest BCUT2D eigenvalue weighted by molar-refractivity contribution is 6.29. The molecule has 2 aromatic rings. The van der Waals surface area contributed by atoms with Crippen LogP contribution in [-0.2, 0) is 6.54 Å². The number of halogens is 1. The van der Waals surface area contributed by atoms with Crippen molar-refractivity contribution in [3.05, 3.63) is 53.2 Å². The number of benzene rings is 1. The van der Waals surface area contributed by atoms with E-state index >= 15 is 0 Å². The van der Waals surface area contributed by atoms with Gasteiger partial charge in [0, 0.05) is 12.2 Å². The van der Waals surface area contributed by atoms with E-state index in [0.717, 1.165) is 11.3 Å². The smallest absolute Gasteiger partial charge is 0.132 e. The summed E-state index contributed by atoms with van der Waals surface area (Å²) in [5, 5.41) is 3.61. The number of pyridine rings is 1. The second kappa shape index (κ2) is 4.96. The Kier molecular flexibility index (Phi) is 3.39. The fourth-order valence-electron chi connectivity index (χ4n) is 1.40. The van der Waals surface area contributed by atoms with Gasteiger partial charge in [0.1, 0.15) is 11.0 Å². The summed E-state index contributed by atoms with van der Waals surface area (Å²) in [6.07, 6.45) is 0. The molecule has 16 heavy (non-hydrogen) atoms. The molecule has 0 aliphatic carbocycles. The first kappa shape index (κ1) is 10.9. The Morgan fingerprint density at radius 2 is 1.94 bits per heavy atom. The van der Waals surface area contributed by atoms with E-state index in [-0.39, 0.29) is 0 Å². The molecule has 0 amide bonds. The number of hydrogen-bond donors (Lipinski definition) is 2. The van der Waals surface area contributed by atoms with Gasteiger partial charge in [0.05, 0.1) is 0 Å². The lowest BCUT2D eigenvalue weighted by atomic mass is 10.2. The number of rotatable bonds is 3. The predicted molar refractivity (Wildman–Crippen MR) is 66.9 cm³/mol. The molecule has 0 radical (unpaired) electrons. The van der Waals surface area contributed by atoms with Gasteiger partial charge in [-0.25, -0.2) is 4.98 Å². The van der Waals surface area contributed by atoms with E-state index in [1.54, 1.807) is 6.07 Å². The van der Waals surface area contributed by atoms with Crippen LogP contribution in [0.4, 0.5) is 11.5 Å². The monoisotopic (exact) mass is 233 g/mol. The third kappa shape index (κ3) is 2.72. The summed E-state index contributed by atoms with van der Waals surface area (Å²) in [6, 6.07) is 13.4. The van der Waals surface area contributed by atoms with Crippen molar-refractivity contribution in [1.29, 1.82) is 0 Å². The van der Waals surface area contributed by atoms with Crippen LogP contribution in [0.25, 0.3) is 0 Å². The molecule has 0 atom stereocenters. The molecule has 0 bridgehead atoms. The maximum Gasteiger partial charge on any atom is 0.132 e. The standard InChI is InChI=1S/C12H12ClN3/c13-11-6-9(8-14)7-12(16-11)15-10-4-2-1-3-5-10/h1-7H,8,14H2,(H,15,16). The number of nitrogens with zero attached hydrogens (tertiary/aromatic N) is 1. The maximum absolute atomic E-state index is 5.89. The van der Waals surface area contributed by atoms with Crippen molar-refractivity contribution < 1.29 is 0 Å². The highest BCUT2D eigenvalue weighted by Crippen LogP contribution is 2.18. The lowest BCUT2D eigenvalue weighted by Gasteiger charge is -2.07. The van der Waals surface area contributed by atoms with Crippen molar-refractivity contribution >= 4 is 23.1 Å². The minimum atomic E-state index is 0.446. The van der Waals surface area contributed by atoms with Gasteiger partial charge in [0.15, 0.2) is 0 Å². The molecule has 0 saturated heterocycles. The van der Waals surface area contributed by atoms with Crippen molar-refractivity contribution in [3.63, 3.8) is 0 Å². The van der Waals surface area contributed by atoms with Gasteiger partial charge in [-0.05, 0) is 29.8 Å². The van der Waals surface area contributed by atoms with Crippen molar-refractivity contribution in [2.75, 3.05) is 5.32 Å². The molecule has 0 spiro atoms. The van der Waals surface area contributed by atoms with E-state index in [2.05, 4.69) is 10.3 Å². The van der Waals surface area contributed by atoms with Crippen LogP contribution < -0.4 is 11.1 Å². The van der Waals surface area contributed by atoms with Crippen molar-refractivity contribution in [3.8, 4) is 0 Å². The molecule has 2 rings (SSSR count). The minimum absolute atomic E-state index is 0.446. The molecule has 0 unspecified atom stereocenters. The lowest BCUT2D eigenvalue weighted by Crippen LogP contribution is -2.00. The summed E-state index contributed by atoms with van der Waals surface area (Å²) in [7, 11) is 0. The van der Waals surface area contributed by atoms with Crippen LogP contribution in [0.1, 0.15) is 5.56 Å². The van der Waals surface area contributed by atoms with Gasteiger partial charge in [-0.3, -0.25) is 0 Å². The van der Waals surface area contributed by atoms with Crippen LogP contribution in [-0.4, -0.2) is 4.98 Å². The molecule has 1 heterocycles. The molecular formula is C12H12ClN3. The van der Waals surface area contributed by atoms with Gasteiger partial charge in [-0.15, -0.1) is 0 Å². The van der Waals surface area contributed by atoms with E-state index in [4.69, 9.17) is 17.3 Å². The SMILES string of the molecule is NCc1cc(Cl)nc(Nc2ccccc2)c1. The quantitative estimate of drug-likeness (QED) is 0.802. The normalized spacial score (nSPS) is 10.1. The Balaban J connectivity index is 2.24. The number of nitrogens with two attached hydrogens (primary N) is 1. The third-order valence-corrected chi connectivity index (χ3v) is 2.33. The number of nitrogens with one attached hydrogen (secondary N) is 1. The zero-order valence-electron chi connectivity index (χ0n) is 8.65. The highest BCUT2D eigenvalue weighted by atomic mass is 35.5. The van der Waals surface area contributed by atoms with Crippen LogP contribution >= 0.6 is 11.6 Å². The summed E-state index contributed by atoms with van der Waals surface area (Å²) >= 11 is 5.89. The predicted octanol–water partition coefficient (Wildman–Crippen LogP) is 2.94. The maximum atomic E-state index is 5.89. The third-order valence-electron chi connectivity index (χ3n) is 2.14. The topological polar surface area (TPSA) is 50.9 Å². The summed E-state index contributed by atoms with van der Waals surface area (Å²) in [5.41, 5.74) is 7.50. The van der Waals surface area contributed by atoms with E-state index in [1.165, 1.54) is 0 Å². The van der Waals surface area contributed by atoms with Gasteiger partial charge >= 0.3 is 0 Å². The minimum Gasteiger partial charge on any atom is -0.340 e. The number of aromatic nitrogens is 1. The van der Waals surface area contributed by atoms with Crippen LogP contribution in [0.5, 0.6) is 0 Å². The molecule has 1 aromatic heterocycles. The van der Waals surface area contributed by atoms with Gasteiger partial charge < -0.3 is 11.1 Å². The summed E-state index contributed by atoms with van der Waals surface area (Å²) in [4.78, 5) is 4.18. The number of para-hydroxylation sites is 1. The van der Waals surface area contributed by atoms with Crippen LogP contribution in [0.2, 0.25) is 5.15 Å². The average molecular weight is 234 g/mol. The first-order chi connectivity index (χ1) is 7.78. The van der Waals surface area contributed by atoms with Crippen LogP contribution in [0.15, 0.2) is 42.5 Å². The van der Waals surface area contributed by atoms with Crippen molar-refractivity contribution in [1.82, 2.24) is 4.98 Å². The molecule has 1 aromatic carbocycles. The zero-order chi connectivity index (χ0) is 11.4. The van der Waals surface area contributed by atoms with Crippen LogP contribution in [0.3, 0.4) is 0 Å². The summed E-state index contributed by atoms with van der Waals surface area (Å²) < 4.78 is 0. The van der Waals surface area contributed by atoms with Gasteiger partial charge in [-0.1, -0.05) is 29.8 Å². The fraction of sp³-hybridized carbons (Fsp3) is 0.0833. The molecule has 0 fully saturated rings. The first-order valence-corrected chi connectivity index (χ1v) is 5.34. The number of hydrogen-bond acceptors (Lipinski definition) is 3. The van der Waals surface area contributed by atoms with E-state index < -0.39 is 0 Å². The zero-order valence-corrected chi connectivity index (χ0v) is 9.41. The Bertz CT molecular complexity index is 471. The largest absolute Gasteiger partial charge is 0.340 e. The first-order valence-electron chi connectivity index (χ1n) is 4.96. The van der Waals surface area contributed by atoms with E-state index in [1.807, 2.05) is 36.4 Å². The molecule has 0 aliphatic rings. The molecule has 0 aliphatic heterocycles. The summed E-state index contributed by atoms with van der Waals surface area (Å²) in [5.74, 6) is 0.708. The fourth-order valence-corrected chi connectivity index (χ4v) is 1.63. The van der Waals surface area contributed by atoms with E-state index in [9.17, 15) is 0 Å². The molecule has 3 nitrogen and oxygen atoms in total.